The number of aryl methyl sites for hydroxylation is 1. The monoisotopic (exact) mass is 457 g/mol. The van der Waals surface area contributed by atoms with Gasteiger partial charge in [-0.05, 0) is 44.5 Å². The van der Waals surface area contributed by atoms with Gasteiger partial charge in [0, 0.05) is 42.3 Å². The van der Waals surface area contributed by atoms with Gasteiger partial charge in [-0.3, -0.25) is 0 Å². The summed E-state index contributed by atoms with van der Waals surface area (Å²) in [7, 11) is 1.65. The minimum absolute atomic E-state index is 0.380. The Morgan fingerprint density at radius 1 is 1.03 bits per heavy atom. The predicted octanol–water partition coefficient (Wildman–Crippen LogP) is 3.18. The fourth-order valence-electron chi connectivity index (χ4n) is 4.52. The van der Waals surface area contributed by atoms with Crippen LogP contribution in [-0.2, 0) is 0 Å². The van der Waals surface area contributed by atoms with Crippen LogP contribution in [0.5, 0.6) is 5.75 Å². The molecule has 9 nitrogen and oxygen atoms in total. The lowest BCUT2D eigenvalue weighted by atomic mass is 10.1. The summed E-state index contributed by atoms with van der Waals surface area (Å²) < 4.78 is 5.68. The van der Waals surface area contributed by atoms with Gasteiger partial charge in [0.2, 0.25) is 5.95 Å². The minimum Gasteiger partial charge on any atom is -0.494 e. The van der Waals surface area contributed by atoms with Crippen LogP contribution in [0.2, 0.25) is 0 Å². The Hall–Kier alpha value is -3.85. The van der Waals surface area contributed by atoms with Crippen molar-refractivity contribution in [3.8, 4) is 5.75 Å². The third-order valence-electron chi connectivity index (χ3n) is 5.96. The standard InChI is InChI=1S/C25H27N7O2/c1-14-5-7-18-20(9-14)29-25(33)30-21-11-26-24(31-23(18)21)28-19-8-6-17(10-22(19)34-4)32-12-15(2)27-16(3)13-32/h5-11,15-16,27H,12-13H2,1-4H3,(H,28,31)/t15-,16+. The van der Waals surface area contributed by atoms with Crippen LogP contribution in [0.15, 0.2) is 47.4 Å². The van der Waals surface area contributed by atoms with Gasteiger partial charge in [0.25, 0.3) is 0 Å². The molecular weight excluding hydrogens is 430 g/mol. The fraction of sp³-hybridized carbons (Fsp3) is 0.320. The fourth-order valence-corrected chi connectivity index (χ4v) is 4.52. The third-order valence-corrected chi connectivity index (χ3v) is 5.96. The maximum absolute atomic E-state index is 12.2. The first-order chi connectivity index (χ1) is 16.4. The van der Waals surface area contributed by atoms with Crippen molar-refractivity contribution in [1.82, 2.24) is 25.3 Å². The van der Waals surface area contributed by atoms with Crippen LogP contribution in [0.4, 0.5) is 17.3 Å². The van der Waals surface area contributed by atoms with Gasteiger partial charge in [-0.15, -0.1) is 0 Å². The Kier molecular flexibility index (Phi) is 5.70. The highest BCUT2D eigenvalue weighted by Crippen LogP contribution is 2.32. The zero-order valence-electron chi connectivity index (χ0n) is 19.7. The van der Waals surface area contributed by atoms with Crippen LogP contribution < -0.4 is 26.0 Å². The number of rotatable bonds is 4. The first kappa shape index (κ1) is 22.0. The highest BCUT2D eigenvalue weighted by molar-refractivity contribution is 6.00. The highest BCUT2D eigenvalue weighted by Gasteiger charge is 2.22. The number of benzene rings is 2. The lowest BCUT2D eigenvalue weighted by molar-refractivity contribution is 0.403. The van der Waals surface area contributed by atoms with Crippen molar-refractivity contribution < 1.29 is 4.74 Å². The molecule has 0 saturated carbocycles. The Morgan fingerprint density at radius 3 is 2.56 bits per heavy atom. The number of hydrogen-bond donors (Lipinski definition) is 2. The minimum atomic E-state index is -0.566. The van der Waals surface area contributed by atoms with E-state index in [9.17, 15) is 4.79 Å². The molecule has 3 heterocycles. The highest BCUT2D eigenvalue weighted by atomic mass is 16.5. The molecule has 0 radical (unpaired) electrons. The number of ether oxygens (including phenoxy) is 1. The van der Waals surface area contributed by atoms with Crippen molar-refractivity contribution in [2.45, 2.75) is 32.9 Å². The van der Waals surface area contributed by atoms with E-state index in [0.717, 1.165) is 35.4 Å². The van der Waals surface area contributed by atoms with Crippen LogP contribution in [0.25, 0.3) is 21.9 Å². The summed E-state index contributed by atoms with van der Waals surface area (Å²) in [6.45, 7) is 8.20. The Balaban J connectivity index is 1.52. The van der Waals surface area contributed by atoms with E-state index in [-0.39, 0.29) is 0 Å². The maximum atomic E-state index is 12.2. The van der Waals surface area contributed by atoms with Gasteiger partial charge in [0.1, 0.15) is 16.8 Å². The summed E-state index contributed by atoms with van der Waals surface area (Å²) in [6, 6.07) is 12.6. The average Bonchev–Trinajstić information content (AvgIpc) is 2.93. The first-order valence-corrected chi connectivity index (χ1v) is 11.3. The van der Waals surface area contributed by atoms with E-state index in [0.29, 0.717) is 40.3 Å². The lowest BCUT2D eigenvalue weighted by Gasteiger charge is -2.37. The quantitative estimate of drug-likeness (QED) is 0.478. The van der Waals surface area contributed by atoms with Crippen molar-refractivity contribution in [1.29, 1.82) is 0 Å². The number of methoxy groups -OCH3 is 1. The molecule has 2 aromatic heterocycles. The summed E-state index contributed by atoms with van der Waals surface area (Å²) in [4.78, 5) is 31.7. The number of nitrogens with one attached hydrogen (secondary N) is 2. The van der Waals surface area contributed by atoms with Gasteiger partial charge in [-0.1, -0.05) is 12.1 Å². The summed E-state index contributed by atoms with van der Waals surface area (Å²) in [5, 5.41) is 7.56. The Labute approximate surface area is 197 Å². The number of piperazine rings is 1. The van der Waals surface area contributed by atoms with E-state index in [1.165, 1.54) is 6.20 Å². The predicted molar refractivity (Wildman–Crippen MR) is 134 cm³/mol. The molecule has 1 fully saturated rings. The van der Waals surface area contributed by atoms with Crippen LogP contribution >= 0.6 is 0 Å². The van der Waals surface area contributed by atoms with E-state index >= 15 is 0 Å². The zero-order chi connectivity index (χ0) is 23.8. The number of hydrogen-bond acceptors (Lipinski definition) is 9. The largest absolute Gasteiger partial charge is 0.494 e. The maximum Gasteiger partial charge on any atom is 0.368 e. The van der Waals surface area contributed by atoms with Crippen LogP contribution in [0.3, 0.4) is 0 Å². The van der Waals surface area contributed by atoms with Crippen LogP contribution in [0, 0.1) is 6.92 Å². The third kappa shape index (κ3) is 4.34. The van der Waals surface area contributed by atoms with E-state index < -0.39 is 5.69 Å². The molecule has 1 aliphatic rings. The smallest absolute Gasteiger partial charge is 0.368 e. The molecule has 2 aromatic carbocycles. The average molecular weight is 458 g/mol. The second kappa shape index (κ2) is 8.83. The van der Waals surface area contributed by atoms with Gasteiger partial charge in [-0.2, -0.15) is 9.97 Å². The molecule has 174 valence electrons. The molecule has 9 heteroatoms. The molecule has 5 rings (SSSR count). The Bertz CT molecular complexity index is 1430. The first-order valence-electron chi connectivity index (χ1n) is 11.3. The molecule has 1 aliphatic heterocycles. The molecule has 4 aromatic rings. The van der Waals surface area contributed by atoms with E-state index in [2.05, 4.69) is 55.4 Å². The number of nitrogens with zero attached hydrogens (tertiary/aromatic N) is 5. The van der Waals surface area contributed by atoms with Gasteiger partial charge in [0.15, 0.2) is 0 Å². The second-order valence-corrected chi connectivity index (χ2v) is 8.84. The zero-order valence-corrected chi connectivity index (χ0v) is 19.7. The van der Waals surface area contributed by atoms with Crippen molar-refractivity contribution in [2.24, 2.45) is 0 Å². The summed E-state index contributed by atoms with van der Waals surface area (Å²) in [5.41, 5.74) is 3.80. The molecule has 0 spiro atoms. The van der Waals surface area contributed by atoms with Gasteiger partial charge in [0.05, 0.1) is 24.5 Å². The molecule has 2 atom stereocenters. The van der Waals surface area contributed by atoms with Gasteiger partial charge in [-0.25, -0.2) is 14.8 Å². The number of anilines is 3. The van der Waals surface area contributed by atoms with E-state index in [4.69, 9.17) is 4.74 Å². The SMILES string of the molecule is COc1cc(N2C[C@@H](C)N[C@@H](C)C2)ccc1Nc1ncc2nc(=O)nc3cc(C)ccc3c2n1. The topological polar surface area (TPSA) is 105 Å². The normalized spacial score (nSPS) is 18.3. The van der Waals surface area contributed by atoms with E-state index in [1.54, 1.807) is 7.11 Å². The molecule has 2 N–H and O–H groups in total. The van der Waals surface area contributed by atoms with E-state index in [1.807, 2.05) is 37.3 Å². The summed E-state index contributed by atoms with van der Waals surface area (Å²) in [6.07, 6.45) is 1.54. The molecule has 0 bridgehead atoms. The second-order valence-electron chi connectivity index (χ2n) is 8.84. The summed E-state index contributed by atoms with van der Waals surface area (Å²) in [5.74, 6) is 1.08. The number of aromatic nitrogens is 4. The van der Waals surface area contributed by atoms with Crippen molar-refractivity contribution in [3.05, 3.63) is 58.6 Å². The van der Waals surface area contributed by atoms with Crippen LogP contribution in [-0.4, -0.2) is 52.2 Å². The molecule has 0 unspecified atom stereocenters. The Morgan fingerprint density at radius 2 is 1.79 bits per heavy atom. The molecule has 0 amide bonds. The van der Waals surface area contributed by atoms with Crippen LogP contribution in [0.1, 0.15) is 19.4 Å². The van der Waals surface area contributed by atoms with Gasteiger partial charge < -0.3 is 20.3 Å². The van der Waals surface area contributed by atoms with Crippen molar-refractivity contribution in [3.63, 3.8) is 0 Å². The van der Waals surface area contributed by atoms with Crippen molar-refractivity contribution in [2.75, 3.05) is 30.4 Å². The van der Waals surface area contributed by atoms with Crippen molar-refractivity contribution >= 4 is 39.3 Å². The molecule has 34 heavy (non-hydrogen) atoms. The molecular formula is C25H27N7O2. The lowest BCUT2D eigenvalue weighted by Crippen LogP contribution is -2.54. The summed E-state index contributed by atoms with van der Waals surface area (Å²) >= 11 is 0. The number of fused-ring (bicyclic) bond motifs is 3. The van der Waals surface area contributed by atoms with Gasteiger partial charge >= 0.3 is 5.69 Å². The molecule has 0 aliphatic carbocycles. The molecule has 1 saturated heterocycles.